The summed E-state index contributed by atoms with van der Waals surface area (Å²) in [5.74, 6) is 2.76. The molecule has 0 heterocycles. The maximum atomic E-state index is 10.8. The van der Waals surface area contributed by atoms with Crippen LogP contribution < -0.4 is 0 Å². The van der Waals surface area contributed by atoms with Gasteiger partial charge in [0.05, 0.1) is 0 Å². The van der Waals surface area contributed by atoms with Gasteiger partial charge in [-0.05, 0) is 47.2 Å². The van der Waals surface area contributed by atoms with Crippen molar-refractivity contribution < 1.29 is 10.2 Å². The Kier molecular flexibility index (Phi) is 7.87. The summed E-state index contributed by atoms with van der Waals surface area (Å²) in [5.41, 5.74) is 8.63. The van der Waals surface area contributed by atoms with Crippen LogP contribution in [0.1, 0.15) is 70.2 Å². The molecule has 0 aliphatic heterocycles. The van der Waals surface area contributed by atoms with Gasteiger partial charge in [0, 0.05) is 34.5 Å². The fraction of sp³-hybridized carbons (Fsp3) is 0.250. The first-order valence-corrected chi connectivity index (χ1v) is 13.3. The first-order valence-electron chi connectivity index (χ1n) is 12.2. The second kappa shape index (κ2) is 11.0. The van der Waals surface area contributed by atoms with Gasteiger partial charge in [0.15, 0.2) is 0 Å². The van der Waals surface area contributed by atoms with Crippen molar-refractivity contribution in [2.75, 3.05) is 0 Å². The van der Waals surface area contributed by atoms with Gasteiger partial charge in [-0.25, -0.2) is 0 Å². The molecule has 2 unspecified atom stereocenters. The zero-order valence-corrected chi connectivity index (χ0v) is 21.8. The molecular formula is C32H34O2S. The summed E-state index contributed by atoms with van der Waals surface area (Å²) in [4.78, 5) is 0. The van der Waals surface area contributed by atoms with Gasteiger partial charge in [0.1, 0.15) is 11.5 Å². The van der Waals surface area contributed by atoms with Gasteiger partial charge in [-0.15, -0.1) is 0 Å². The molecule has 0 aliphatic rings. The molecule has 0 bridgehead atoms. The third-order valence-electron chi connectivity index (χ3n) is 6.85. The lowest BCUT2D eigenvalue weighted by Gasteiger charge is -2.18. The number of aryl methyl sites for hydroxylation is 2. The predicted molar refractivity (Wildman–Crippen MR) is 149 cm³/mol. The minimum atomic E-state index is 0.127. The summed E-state index contributed by atoms with van der Waals surface area (Å²) >= 11 is 1.86. The van der Waals surface area contributed by atoms with Gasteiger partial charge in [-0.2, -0.15) is 11.8 Å². The minimum absolute atomic E-state index is 0.127. The molecule has 4 aromatic carbocycles. The Labute approximate surface area is 213 Å². The molecule has 0 saturated carbocycles. The van der Waals surface area contributed by atoms with Gasteiger partial charge in [0.2, 0.25) is 0 Å². The lowest BCUT2D eigenvalue weighted by molar-refractivity contribution is 0.461. The molecule has 0 spiro atoms. The Morgan fingerprint density at radius 3 is 1.34 bits per heavy atom. The van der Waals surface area contributed by atoms with E-state index in [0.717, 1.165) is 33.8 Å². The number of benzene rings is 4. The van der Waals surface area contributed by atoms with Crippen molar-refractivity contribution in [3.05, 3.63) is 129 Å². The van der Waals surface area contributed by atoms with E-state index >= 15 is 0 Å². The highest BCUT2D eigenvalue weighted by molar-refractivity contribution is 7.97. The third kappa shape index (κ3) is 5.74. The van der Waals surface area contributed by atoms with E-state index in [9.17, 15) is 10.2 Å². The summed E-state index contributed by atoms with van der Waals surface area (Å²) in [6.45, 7) is 8.25. The summed E-state index contributed by atoms with van der Waals surface area (Å²) in [6.07, 6.45) is 0. The van der Waals surface area contributed by atoms with Crippen LogP contribution in [0.2, 0.25) is 0 Å². The van der Waals surface area contributed by atoms with Crippen LogP contribution in [0.5, 0.6) is 11.5 Å². The maximum absolute atomic E-state index is 10.8. The van der Waals surface area contributed by atoms with E-state index in [2.05, 4.69) is 62.4 Å². The molecule has 2 N–H and O–H groups in total. The molecule has 0 aromatic heterocycles. The third-order valence-corrected chi connectivity index (χ3v) is 7.92. The molecule has 180 valence electrons. The maximum Gasteiger partial charge on any atom is 0.122 e. The number of rotatable bonds is 8. The average Bonchev–Trinajstić information content (AvgIpc) is 2.88. The Morgan fingerprint density at radius 1 is 0.600 bits per heavy atom. The van der Waals surface area contributed by atoms with Crippen LogP contribution in [0.15, 0.2) is 84.9 Å². The molecule has 4 aromatic rings. The molecule has 0 radical (unpaired) electrons. The monoisotopic (exact) mass is 482 g/mol. The zero-order valence-electron chi connectivity index (χ0n) is 21.0. The molecule has 2 nitrogen and oxygen atoms in total. The molecule has 0 aliphatic carbocycles. The Hall–Kier alpha value is -3.17. The van der Waals surface area contributed by atoms with Crippen molar-refractivity contribution in [2.45, 2.75) is 51.0 Å². The molecule has 0 fully saturated rings. The first-order chi connectivity index (χ1) is 16.8. The number of thioether (sulfide) groups is 1. The minimum Gasteiger partial charge on any atom is -0.507 e. The molecule has 2 atom stereocenters. The Morgan fingerprint density at radius 2 is 0.971 bits per heavy atom. The van der Waals surface area contributed by atoms with Crippen molar-refractivity contribution in [3.8, 4) is 11.5 Å². The lowest BCUT2D eigenvalue weighted by Crippen LogP contribution is -2.00. The van der Waals surface area contributed by atoms with Crippen molar-refractivity contribution in [2.24, 2.45) is 0 Å². The highest BCUT2D eigenvalue weighted by Gasteiger charge is 2.17. The number of phenolic OH excluding ortho intramolecular Hbond substituents is 2. The van der Waals surface area contributed by atoms with E-state index in [1.165, 1.54) is 22.3 Å². The quantitative estimate of drug-likeness (QED) is 0.265. The summed E-state index contributed by atoms with van der Waals surface area (Å²) in [7, 11) is 0. The van der Waals surface area contributed by atoms with E-state index in [1.54, 1.807) is 0 Å². The fourth-order valence-corrected chi connectivity index (χ4v) is 5.63. The fourth-order valence-electron chi connectivity index (χ4n) is 4.72. The molecule has 0 amide bonds. The second-order valence-electron chi connectivity index (χ2n) is 9.46. The van der Waals surface area contributed by atoms with Gasteiger partial charge in [-0.1, -0.05) is 98.8 Å². The average molecular weight is 483 g/mol. The highest BCUT2D eigenvalue weighted by atomic mass is 32.2. The van der Waals surface area contributed by atoms with Crippen LogP contribution in [0, 0.1) is 13.8 Å². The topological polar surface area (TPSA) is 40.5 Å². The summed E-state index contributed by atoms with van der Waals surface area (Å²) < 4.78 is 0. The van der Waals surface area contributed by atoms with E-state index in [4.69, 9.17) is 0 Å². The van der Waals surface area contributed by atoms with Gasteiger partial charge in [0.25, 0.3) is 0 Å². The molecule has 3 heteroatoms. The van der Waals surface area contributed by atoms with Crippen molar-refractivity contribution in [3.63, 3.8) is 0 Å². The van der Waals surface area contributed by atoms with Crippen LogP contribution in [0.3, 0.4) is 0 Å². The van der Waals surface area contributed by atoms with Crippen LogP contribution in [-0.4, -0.2) is 10.2 Å². The molecule has 0 saturated heterocycles. The smallest absolute Gasteiger partial charge is 0.122 e. The largest absolute Gasteiger partial charge is 0.507 e. The van der Waals surface area contributed by atoms with Gasteiger partial charge in [-0.3, -0.25) is 0 Å². The summed E-state index contributed by atoms with van der Waals surface area (Å²) in [5, 5.41) is 21.5. The molecular weight excluding hydrogens is 448 g/mol. The highest BCUT2D eigenvalue weighted by Crippen LogP contribution is 2.37. The number of hydrogen-bond acceptors (Lipinski definition) is 3. The van der Waals surface area contributed by atoms with E-state index in [0.29, 0.717) is 11.5 Å². The number of hydrogen-bond donors (Lipinski definition) is 2. The van der Waals surface area contributed by atoms with Crippen molar-refractivity contribution >= 4 is 11.8 Å². The Balaban J connectivity index is 1.50. The lowest BCUT2D eigenvalue weighted by atomic mass is 9.90. The SMILES string of the molecule is Cc1cc(CSCc2cc(C)c(O)c(C(C)c3ccccc3)c2)cc(C(C)c2ccccc2)c1O. The predicted octanol–water partition coefficient (Wildman–Crippen LogP) is 8.45. The van der Waals surface area contributed by atoms with E-state index in [1.807, 2.05) is 62.0 Å². The Bertz CT molecular complexity index is 1180. The number of aromatic hydroxyl groups is 2. The molecule has 4 rings (SSSR count). The van der Waals surface area contributed by atoms with Gasteiger partial charge < -0.3 is 10.2 Å². The molecule has 35 heavy (non-hydrogen) atoms. The van der Waals surface area contributed by atoms with Crippen LogP contribution >= 0.6 is 11.8 Å². The van der Waals surface area contributed by atoms with Crippen LogP contribution in [0.4, 0.5) is 0 Å². The normalized spacial score (nSPS) is 12.9. The van der Waals surface area contributed by atoms with E-state index in [-0.39, 0.29) is 11.8 Å². The van der Waals surface area contributed by atoms with Crippen LogP contribution in [-0.2, 0) is 11.5 Å². The van der Waals surface area contributed by atoms with E-state index < -0.39 is 0 Å². The standard InChI is InChI=1S/C32H34O2S/c1-21-15-25(17-29(31(21)33)23(3)27-11-7-5-8-12-27)19-35-20-26-16-22(2)32(34)30(18-26)24(4)28-13-9-6-10-14-28/h5-18,23-24,33-34H,19-20H2,1-4H3. The van der Waals surface area contributed by atoms with Crippen molar-refractivity contribution in [1.29, 1.82) is 0 Å². The second-order valence-corrected chi connectivity index (χ2v) is 10.4. The number of phenols is 2. The zero-order chi connectivity index (χ0) is 24.9. The first kappa shape index (κ1) is 24.9. The summed E-state index contributed by atoms with van der Waals surface area (Å²) in [6, 6.07) is 29.2. The van der Waals surface area contributed by atoms with Gasteiger partial charge >= 0.3 is 0 Å². The van der Waals surface area contributed by atoms with Crippen molar-refractivity contribution in [1.82, 2.24) is 0 Å². The van der Waals surface area contributed by atoms with Crippen LogP contribution in [0.25, 0.3) is 0 Å².